The van der Waals surface area contributed by atoms with Gasteiger partial charge in [-0.05, 0) is 30.2 Å². The number of aromatic nitrogens is 2. The van der Waals surface area contributed by atoms with E-state index in [-0.39, 0.29) is 0 Å². The van der Waals surface area contributed by atoms with Crippen LogP contribution in [0.5, 0.6) is 0 Å². The van der Waals surface area contributed by atoms with E-state index in [1.807, 2.05) is 25.1 Å². The van der Waals surface area contributed by atoms with E-state index in [9.17, 15) is 0 Å². The molecule has 17 heavy (non-hydrogen) atoms. The number of nitrogens with zero attached hydrogens (tertiary/aromatic N) is 3. The topological polar surface area (TPSA) is 61.6 Å². The van der Waals surface area contributed by atoms with Crippen LogP contribution in [0.15, 0.2) is 36.8 Å². The second-order valence-electron chi connectivity index (χ2n) is 3.68. The van der Waals surface area contributed by atoms with Gasteiger partial charge in [-0.15, -0.1) is 0 Å². The first kappa shape index (κ1) is 11.1. The first-order valence-corrected chi connectivity index (χ1v) is 5.29. The van der Waals surface area contributed by atoms with Gasteiger partial charge in [-0.25, -0.2) is 4.98 Å². The number of anilines is 1. The van der Waals surface area contributed by atoms with Crippen LogP contribution >= 0.6 is 0 Å². The van der Waals surface area contributed by atoms with E-state index in [4.69, 9.17) is 5.26 Å². The highest BCUT2D eigenvalue weighted by molar-refractivity contribution is 5.55. The van der Waals surface area contributed by atoms with Crippen molar-refractivity contribution in [1.82, 2.24) is 9.97 Å². The average Bonchev–Trinajstić information content (AvgIpc) is 2.37. The monoisotopic (exact) mass is 224 g/mol. The van der Waals surface area contributed by atoms with Crippen molar-refractivity contribution in [3.8, 4) is 6.07 Å². The quantitative estimate of drug-likeness (QED) is 0.868. The van der Waals surface area contributed by atoms with Crippen molar-refractivity contribution in [3.05, 3.63) is 53.5 Å². The molecule has 0 unspecified atom stereocenters. The molecule has 0 aliphatic carbocycles. The number of rotatable bonds is 3. The molecule has 0 amide bonds. The van der Waals surface area contributed by atoms with Crippen LogP contribution < -0.4 is 5.32 Å². The van der Waals surface area contributed by atoms with E-state index in [1.165, 1.54) is 0 Å². The minimum absolute atomic E-state index is 0.594. The van der Waals surface area contributed by atoms with Crippen molar-refractivity contribution in [2.45, 2.75) is 13.5 Å². The number of aryl methyl sites for hydroxylation is 1. The summed E-state index contributed by atoms with van der Waals surface area (Å²) >= 11 is 0. The van der Waals surface area contributed by atoms with Crippen molar-refractivity contribution < 1.29 is 0 Å². The Morgan fingerprint density at radius 3 is 2.94 bits per heavy atom. The third-order valence-electron chi connectivity index (χ3n) is 2.45. The molecule has 0 aliphatic heterocycles. The molecule has 0 spiro atoms. The molecule has 0 fully saturated rings. The molecule has 2 rings (SSSR count). The SMILES string of the molecule is Cc1ccnc(NCc2cccnc2)c1C#N. The summed E-state index contributed by atoms with van der Waals surface area (Å²) in [6.45, 7) is 2.51. The molecule has 4 nitrogen and oxygen atoms in total. The summed E-state index contributed by atoms with van der Waals surface area (Å²) in [6, 6.07) is 7.84. The van der Waals surface area contributed by atoms with Gasteiger partial charge in [-0.3, -0.25) is 4.98 Å². The fourth-order valence-electron chi connectivity index (χ4n) is 1.52. The Morgan fingerprint density at radius 2 is 2.24 bits per heavy atom. The average molecular weight is 224 g/mol. The number of nitriles is 1. The summed E-state index contributed by atoms with van der Waals surface area (Å²) in [6.07, 6.45) is 5.21. The molecule has 0 radical (unpaired) electrons. The highest BCUT2D eigenvalue weighted by Gasteiger charge is 2.05. The second-order valence-corrected chi connectivity index (χ2v) is 3.68. The summed E-state index contributed by atoms with van der Waals surface area (Å²) in [7, 11) is 0. The molecule has 0 atom stereocenters. The molecule has 0 saturated carbocycles. The molecule has 84 valence electrons. The zero-order chi connectivity index (χ0) is 12.1. The Bertz CT molecular complexity index is 543. The molecular formula is C13H12N4. The molecule has 0 aliphatic rings. The summed E-state index contributed by atoms with van der Waals surface area (Å²) in [5.41, 5.74) is 2.58. The van der Waals surface area contributed by atoms with E-state index in [0.717, 1.165) is 11.1 Å². The normalized spacial score (nSPS) is 9.65. The largest absolute Gasteiger partial charge is 0.365 e. The van der Waals surface area contributed by atoms with Crippen molar-refractivity contribution in [2.24, 2.45) is 0 Å². The van der Waals surface area contributed by atoms with Gasteiger partial charge in [0.25, 0.3) is 0 Å². The molecule has 4 heteroatoms. The van der Waals surface area contributed by atoms with E-state index >= 15 is 0 Å². The minimum Gasteiger partial charge on any atom is -0.365 e. The van der Waals surface area contributed by atoms with Gasteiger partial charge in [0.1, 0.15) is 11.9 Å². The summed E-state index contributed by atoms with van der Waals surface area (Å²) < 4.78 is 0. The van der Waals surface area contributed by atoms with Crippen LogP contribution in [-0.4, -0.2) is 9.97 Å². The van der Waals surface area contributed by atoms with Crippen molar-refractivity contribution in [2.75, 3.05) is 5.32 Å². The number of nitrogens with one attached hydrogen (secondary N) is 1. The maximum Gasteiger partial charge on any atom is 0.144 e. The standard InChI is InChI=1S/C13H12N4/c1-10-4-6-16-13(12(10)7-14)17-9-11-3-2-5-15-8-11/h2-6,8H,9H2,1H3,(H,16,17). The van der Waals surface area contributed by atoms with Gasteiger partial charge in [0.05, 0.1) is 5.56 Å². The Balaban J connectivity index is 2.15. The number of hydrogen-bond donors (Lipinski definition) is 1. The van der Waals surface area contributed by atoms with E-state index in [0.29, 0.717) is 17.9 Å². The smallest absolute Gasteiger partial charge is 0.144 e. The lowest BCUT2D eigenvalue weighted by Gasteiger charge is -2.08. The number of pyridine rings is 2. The molecule has 0 bridgehead atoms. The lowest BCUT2D eigenvalue weighted by atomic mass is 10.1. The van der Waals surface area contributed by atoms with Crippen LogP contribution in [0, 0.1) is 18.3 Å². The van der Waals surface area contributed by atoms with Gasteiger partial charge in [-0.2, -0.15) is 5.26 Å². The van der Waals surface area contributed by atoms with Gasteiger partial charge >= 0.3 is 0 Å². The fraction of sp³-hybridized carbons (Fsp3) is 0.154. The van der Waals surface area contributed by atoms with Gasteiger partial charge in [0.2, 0.25) is 0 Å². The van der Waals surface area contributed by atoms with Crippen molar-refractivity contribution >= 4 is 5.82 Å². The van der Waals surface area contributed by atoms with Gasteiger partial charge in [-0.1, -0.05) is 6.07 Å². The fourth-order valence-corrected chi connectivity index (χ4v) is 1.52. The molecular weight excluding hydrogens is 212 g/mol. The van der Waals surface area contributed by atoms with Crippen molar-refractivity contribution in [1.29, 1.82) is 5.26 Å². The molecule has 2 heterocycles. The Kier molecular flexibility index (Phi) is 3.31. The van der Waals surface area contributed by atoms with Gasteiger partial charge in [0.15, 0.2) is 0 Å². The highest BCUT2D eigenvalue weighted by atomic mass is 15.0. The second kappa shape index (κ2) is 5.08. The van der Waals surface area contributed by atoms with Crippen molar-refractivity contribution in [3.63, 3.8) is 0 Å². The molecule has 1 N–H and O–H groups in total. The first-order valence-electron chi connectivity index (χ1n) is 5.29. The molecule has 2 aromatic rings. The molecule has 2 aromatic heterocycles. The predicted molar refractivity (Wildman–Crippen MR) is 65.3 cm³/mol. The zero-order valence-corrected chi connectivity index (χ0v) is 9.51. The maximum atomic E-state index is 9.05. The van der Waals surface area contributed by atoms with E-state index < -0.39 is 0 Å². The Labute approximate surface area is 100.0 Å². The van der Waals surface area contributed by atoms with E-state index in [2.05, 4.69) is 21.4 Å². The summed E-state index contributed by atoms with van der Waals surface area (Å²) in [5.74, 6) is 0.622. The Morgan fingerprint density at radius 1 is 1.35 bits per heavy atom. The van der Waals surface area contributed by atoms with Gasteiger partial charge in [0, 0.05) is 25.1 Å². The van der Waals surface area contributed by atoms with E-state index in [1.54, 1.807) is 18.6 Å². The summed E-state index contributed by atoms with van der Waals surface area (Å²) in [4.78, 5) is 8.20. The van der Waals surface area contributed by atoms with Crippen LogP contribution in [0.3, 0.4) is 0 Å². The van der Waals surface area contributed by atoms with Gasteiger partial charge < -0.3 is 5.32 Å². The maximum absolute atomic E-state index is 9.05. The highest BCUT2D eigenvalue weighted by Crippen LogP contribution is 2.15. The van der Waals surface area contributed by atoms with Crippen LogP contribution in [0.25, 0.3) is 0 Å². The predicted octanol–water partition coefficient (Wildman–Crippen LogP) is 2.27. The molecule has 0 saturated heterocycles. The van der Waals surface area contributed by atoms with Crippen LogP contribution in [0.2, 0.25) is 0 Å². The zero-order valence-electron chi connectivity index (χ0n) is 9.51. The number of hydrogen-bond acceptors (Lipinski definition) is 4. The van der Waals surface area contributed by atoms with Crippen LogP contribution in [0.1, 0.15) is 16.7 Å². The minimum atomic E-state index is 0.594. The summed E-state index contributed by atoms with van der Waals surface area (Å²) in [5, 5.41) is 12.2. The lowest BCUT2D eigenvalue weighted by molar-refractivity contribution is 1.08. The third kappa shape index (κ3) is 2.58. The van der Waals surface area contributed by atoms with Crippen LogP contribution in [-0.2, 0) is 6.54 Å². The first-order chi connectivity index (χ1) is 8.31. The van der Waals surface area contributed by atoms with Crippen LogP contribution in [0.4, 0.5) is 5.82 Å². The molecule has 0 aromatic carbocycles. The lowest BCUT2D eigenvalue weighted by Crippen LogP contribution is -2.04. The third-order valence-corrected chi connectivity index (χ3v) is 2.45. The Hall–Kier alpha value is -2.41.